The lowest BCUT2D eigenvalue weighted by atomic mass is 9.97. The number of hydrogen-bond acceptors (Lipinski definition) is 6. The molecule has 0 fully saturated rings. The highest BCUT2D eigenvalue weighted by atomic mass is 79.9. The number of halogens is 1. The van der Waals surface area contributed by atoms with Crippen LogP contribution in [-0.2, 0) is 24.2 Å². The molecule has 0 radical (unpaired) electrons. The summed E-state index contributed by atoms with van der Waals surface area (Å²) in [5, 5.41) is 7.79. The molecule has 0 atom stereocenters. The van der Waals surface area contributed by atoms with Gasteiger partial charge in [0.05, 0.1) is 23.1 Å². The number of amides is 1. The number of aromatic nitrogens is 5. The van der Waals surface area contributed by atoms with Gasteiger partial charge in [0.15, 0.2) is 0 Å². The van der Waals surface area contributed by atoms with Crippen LogP contribution in [0.5, 0.6) is 0 Å². The lowest BCUT2D eigenvalue weighted by Gasteiger charge is -2.12. The Bertz CT molecular complexity index is 1330. The van der Waals surface area contributed by atoms with Gasteiger partial charge in [-0.15, -0.1) is 11.3 Å². The summed E-state index contributed by atoms with van der Waals surface area (Å²) in [6.07, 6.45) is 8.95. The van der Waals surface area contributed by atoms with E-state index >= 15 is 0 Å². The SMILES string of the molecule is O=C(CCn1cnc2sc3c(c2c1=O)CCCC3)Nc1cc(Br)ccc1-n1cncn1. The van der Waals surface area contributed by atoms with Gasteiger partial charge < -0.3 is 5.32 Å². The maximum Gasteiger partial charge on any atom is 0.262 e. The molecule has 3 aromatic heterocycles. The van der Waals surface area contributed by atoms with Crippen molar-refractivity contribution in [3.63, 3.8) is 0 Å². The van der Waals surface area contributed by atoms with Crippen LogP contribution in [0.15, 0.2) is 46.4 Å². The summed E-state index contributed by atoms with van der Waals surface area (Å²) in [7, 11) is 0. The molecule has 0 saturated heterocycles. The van der Waals surface area contributed by atoms with E-state index in [9.17, 15) is 9.59 Å². The predicted octanol–water partition coefficient (Wildman–Crippen LogP) is 3.71. The molecule has 0 bridgehead atoms. The molecule has 31 heavy (non-hydrogen) atoms. The first-order valence-electron chi connectivity index (χ1n) is 10.0. The van der Waals surface area contributed by atoms with E-state index in [0.29, 0.717) is 11.4 Å². The van der Waals surface area contributed by atoms with Crippen LogP contribution in [0.3, 0.4) is 0 Å². The Labute approximate surface area is 190 Å². The molecular weight excluding hydrogens is 480 g/mol. The Morgan fingerprint density at radius 3 is 2.94 bits per heavy atom. The van der Waals surface area contributed by atoms with E-state index in [1.54, 1.807) is 33.2 Å². The Hall–Kier alpha value is -2.85. The number of hydrogen-bond donors (Lipinski definition) is 1. The normalized spacial score (nSPS) is 13.3. The minimum absolute atomic E-state index is 0.0528. The van der Waals surface area contributed by atoms with E-state index in [4.69, 9.17) is 0 Å². The van der Waals surface area contributed by atoms with Crippen LogP contribution in [0.25, 0.3) is 15.9 Å². The summed E-state index contributed by atoms with van der Waals surface area (Å²) < 4.78 is 3.96. The van der Waals surface area contributed by atoms with Gasteiger partial charge >= 0.3 is 0 Å². The van der Waals surface area contributed by atoms with E-state index in [2.05, 4.69) is 36.3 Å². The van der Waals surface area contributed by atoms with E-state index in [1.807, 2.05) is 18.2 Å². The maximum absolute atomic E-state index is 13.1. The van der Waals surface area contributed by atoms with Crippen molar-refractivity contribution in [3.05, 3.63) is 62.4 Å². The smallest absolute Gasteiger partial charge is 0.262 e. The zero-order chi connectivity index (χ0) is 21.4. The second kappa shape index (κ2) is 8.35. The molecular formula is C21H19BrN6O2S. The largest absolute Gasteiger partial charge is 0.324 e. The third kappa shape index (κ3) is 3.92. The average Bonchev–Trinajstić information content (AvgIpc) is 3.41. The predicted molar refractivity (Wildman–Crippen MR) is 123 cm³/mol. The Morgan fingerprint density at radius 2 is 2.10 bits per heavy atom. The highest BCUT2D eigenvalue weighted by molar-refractivity contribution is 9.10. The number of aryl methyl sites for hydroxylation is 3. The highest BCUT2D eigenvalue weighted by Crippen LogP contribution is 2.33. The fraction of sp³-hybridized carbons (Fsp3) is 0.286. The topological polar surface area (TPSA) is 94.7 Å². The zero-order valence-corrected chi connectivity index (χ0v) is 18.9. The van der Waals surface area contributed by atoms with Gasteiger partial charge in [-0.1, -0.05) is 15.9 Å². The monoisotopic (exact) mass is 498 g/mol. The second-order valence-corrected chi connectivity index (χ2v) is 9.43. The number of nitrogens with zero attached hydrogens (tertiary/aromatic N) is 5. The number of benzene rings is 1. The van der Waals surface area contributed by atoms with Crippen molar-refractivity contribution in [2.24, 2.45) is 0 Å². The summed E-state index contributed by atoms with van der Waals surface area (Å²) in [6, 6.07) is 5.53. The molecule has 1 aliphatic carbocycles. The van der Waals surface area contributed by atoms with E-state index in [0.717, 1.165) is 39.5 Å². The number of anilines is 1. The maximum atomic E-state index is 13.1. The van der Waals surface area contributed by atoms with Crippen molar-refractivity contribution in [1.82, 2.24) is 24.3 Å². The Balaban J connectivity index is 1.35. The molecule has 0 unspecified atom stereocenters. The summed E-state index contributed by atoms with van der Waals surface area (Å²) in [5.74, 6) is -0.196. The van der Waals surface area contributed by atoms with E-state index in [1.165, 1.54) is 17.6 Å². The van der Waals surface area contributed by atoms with Gasteiger partial charge in [-0.05, 0) is 49.4 Å². The van der Waals surface area contributed by atoms with Gasteiger partial charge in [0, 0.05) is 22.3 Å². The molecule has 3 heterocycles. The van der Waals surface area contributed by atoms with Crippen molar-refractivity contribution in [1.29, 1.82) is 0 Å². The van der Waals surface area contributed by atoms with Crippen LogP contribution in [0.1, 0.15) is 29.7 Å². The third-order valence-electron chi connectivity index (χ3n) is 5.42. The number of nitrogens with one attached hydrogen (secondary N) is 1. The first-order chi connectivity index (χ1) is 15.1. The molecule has 1 aromatic carbocycles. The number of carbonyl (C=O) groups excluding carboxylic acids is 1. The lowest BCUT2D eigenvalue weighted by Crippen LogP contribution is -2.24. The van der Waals surface area contributed by atoms with Crippen LogP contribution in [0.2, 0.25) is 0 Å². The molecule has 1 aliphatic rings. The van der Waals surface area contributed by atoms with Crippen LogP contribution < -0.4 is 10.9 Å². The van der Waals surface area contributed by atoms with Crippen LogP contribution in [0, 0.1) is 0 Å². The second-order valence-electron chi connectivity index (χ2n) is 7.43. The Morgan fingerprint density at radius 1 is 1.23 bits per heavy atom. The van der Waals surface area contributed by atoms with Crippen molar-refractivity contribution in [2.45, 2.75) is 38.6 Å². The Kier molecular flexibility index (Phi) is 5.41. The first kappa shape index (κ1) is 20.1. The number of carbonyl (C=O) groups is 1. The van der Waals surface area contributed by atoms with Gasteiger partial charge in [0.1, 0.15) is 17.5 Å². The average molecular weight is 499 g/mol. The minimum Gasteiger partial charge on any atom is -0.324 e. The van der Waals surface area contributed by atoms with Crippen LogP contribution in [0.4, 0.5) is 5.69 Å². The van der Waals surface area contributed by atoms with Gasteiger partial charge in [0.2, 0.25) is 5.91 Å². The summed E-state index contributed by atoms with van der Waals surface area (Å²) >= 11 is 5.06. The van der Waals surface area contributed by atoms with Crippen molar-refractivity contribution >= 4 is 49.1 Å². The molecule has 158 valence electrons. The fourth-order valence-electron chi connectivity index (χ4n) is 3.92. The van der Waals surface area contributed by atoms with E-state index < -0.39 is 0 Å². The highest BCUT2D eigenvalue weighted by Gasteiger charge is 2.20. The first-order valence-corrected chi connectivity index (χ1v) is 11.6. The minimum atomic E-state index is -0.196. The number of fused-ring (bicyclic) bond motifs is 3. The molecule has 5 rings (SSSR count). The van der Waals surface area contributed by atoms with Crippen molar-refractivity contribution < 1.29 is 4.79 Å². The summed E-state index contributed by atoms with van der Waals surface area (Å²) in [5.41, 5.74) is 2.43. The molecule has 1 N–H and O–H groups in total. The van der Waals surface area contributed by atoms with E-state index in [-0.39, 0.29) is 24.4 Å². The summed E-state index contributed by atoms with van der Waals surface area (Å²) in [6.45, 7) is 0.269. The van der Waals surface area contributed by atoms with Gasteiger partial charge in [-0.25, -0.2) is 14.6 Å². The molecule has 8 nitrogen and oxygen atoms in total. The molecule has 10 heteroatoms. The standard InChI is InChI=1S/C21H19BrN6O2S/c22-13-5-6-16(28-11-23-10-25-28)15(9-13)26-18(29)7-8-27-12-24-20-19(21(27)30)14-3-1-2-4-17(14)31-20/h5-6,9-12H,1-4,7-8H2,(H,26,29). The van der Waals surface area contributed by atoms with Crippen molar-refractivity contribution in [3.8, 4) is 5.69 Å². The number of thiophene rings is 1. The third-order valence-corrected chi connectivity index (χ3v) is 7.11. The molecule has 1 amide bonds. The molecule has 0 aliphatic heterocycles. The van der Waals surface area contributed by atoms with Gasteiger partial charge in [-0.3, -0.25) is 14.2 Å². The van der Waals surface area contributed by atoms with Crippen LogP contribution >= 0.6 is 27.3 Å². The molecule has 0 spiro atoms. The van der Waals surface area contributed by atoms with Crippen molar-refractivity contribution in [2.75, 3.05) is 5.32 Å². The fourth-order valence-corrected chi connectivity index (χ4v) is 5.50. The van der Waals surface area contributed by atoms with Gasteiger partial charge in [-0.2, -0.15) is 5.10 Å². The summed E-state index contributed by atoms with van der Waals surface area (Å²) in [4.78, 5) is 36.3. The quantitative estimate of drug-likeness (QED) is 0.452. The number of rotatable bonds is 5. The molecule has 0 saturated carbocycles. The van der Waals surface area contributed by atoms with Gasteiger partial charge in [0.25, 0.3) is 5.56 Å². The zero-order valence-electron chi connectivity index (χ0n) is 16.5. The molecule has 4 aromatic rings. The van der Waals surface area contributed by atoms with Crippen LogP contribution in [-0.4, -0.2) is 30.2 Å². The lowest BCUT2D eigenvalue weighted by molar-refractivity contribution is -0.116.